The number of nitrogens with zero attached hydrogens (tertiary/aromatic N) is 4. The third kappa shape index (κ3) is 5.34. The molecule has 0 saturated carbocycles. The maximum absolute atomic E-state index is 12.4. The molecular weight excluding hydrogens is 342 g/mol. The molecule has 0 radical (unpaired) electrons. The first-order valence-electron chi connectivity index (χ1n) is 9.22. The van der Waals surface area contributed by atoms with Crippen molar-refractivity contribution in [2.24, 2.45) is 0 Å². The van der Waals surface area contributed by atoms with Crippen molar-refractivity contribution in [1.82, 2.24) is 25.1 Å². The van der Waals surface area contributed by atoms with E-state index < -0.39 is 0 Å². The van der Waals surface area contributed by atoms with Gasteiger partial charge in [-0.05, 0) is 32.1 Å². The summed E-state index contributed by atoms with van der Waals surface area (Å²) in [5.41, 5.74) is 2.30. The number of hydrogen-bond donors (Lipinski definition) is 1. The van der Waals surface area contributed by atoms with Gasteiger partial charge in [0.1, 0.15) is 0 Å². The van der Waals surface area contributed by atoms with Gasteiger partial charge in [0.15, 0.2) is 0 Å². The summed E-state index contributed by atoms with van der Waals surface area (Å²) in [5, 5.41) is 2.89. The third-order valence-electron chi connectivity index (χ3n) is 4.36. The van der Waals surface area contributed by atoms with Gasteiger partial charge in [-0.2, -0.15) is 0 Å². The molecule has 7 heteroatoms. The molecule has 0 aliphatic carbocycles. The number of rotatable bonds is 5. The van der Waals surface area contributed by atoms with Crippen LogP contribution in [0.25, 0.3) is 17.1 Å². The lowest BCUT2D eigenvalue weighted by molar-refractivity contribution is -0.128. The predicted octanol–water partition coefficient (Wildman–Crippen LogP) is 1.31. The van der Waals surface area contributed by atoms with Gasteiger partial charge in [0.05, 0.1) is 29.5 Å². The van der Waals surface area contributed by atoms with E-state index in [4.69, 9.17) is 0 Å². The van der Waals surface area contributed by atoms with Gasteiger partial charge >= 0.3 is 0 Å². The molecule has 0 atom stereocenters. The fraction of sp³-hybridized carbons (Fsp3) is 0.400. The molecule has 0 spiro atoms. The molecule has 27 heavy (non-hydrogen) atoms. The molecule has 7 nitrogen and oxygen atoms in total. The van der Waals surface area contributed by atoms with Crippen LogP contribution in [0.4, 0.5) is 0 Å². The topological polar surface area (TPSA) is 78.4 Å². The summed E-state index contributed by atoms with van der Waals surface area (Å²) in [6.45, 7) is 6.88. The number of carbonyl (C=O) groups is 2. The van der Waals surface area contributed by atoms with E-state index in [-0.39, 0.29) is 17.9 Å². The normalized spacial score (nSPS) is 15.6. The van der Waals surface area contributed by atoms with E-state index in [1.807, 2.05) is 38.1 Å². The fourth-order valence-electron chi connectivity index (χ4n) is 3.01. The Morgan fingerprint density at radius 1 is 1.15 bits per heavy atom. The van der Waals surface area contributed by atoms with Gasteiger partial charge < -0.3 is 10.2 Å². The van der Waals surface area contributed by atoms with Crippen LogP contribution >= 0.6 is 0 Å². The number of carbonyl (C=O) groups excluding carboxylic acids is 2. The van der Waals surface area contributed by atoms with Crippen molar-refractivity contribution in [2.75, 3.05) is 32.7 Å². The van der Waals surface area contributed by atoms with E-state index in [0.29, 0.717) is 38.4 Å². The molecule has 0 unspecified atom stereocenters. The molecule has 1 N–H and O–H groups in total. The summed E-state index contributed by atoms with van der Waals surface area (Å²) in [5.74, 6) is -0.0178. The lowest BCUT2D eigenvalue weighted by Gasteiger charge is -2.33. The molecule has 142 valence electrons. The molecule has 1 aliphatic rings. The smallest absolute Gasteiger partial charge is 0.246 e. The highest BCUT2D eigenvalue weighted by Gasteiger charge is 2.21. The molecule has 3 rings (SSSR count). The van der Waals surface area contributed by atoms with Crippen LogP contribution in [0.3, 0.4) is 0 Å². The highest BCUT2D eigenvalue weighted by Crippen LogP contribution is 2.10. The first kappa shape index (κ1) is 19.0. The van der Waals surface area contributed by atoms with Crippen molar-refractivity contribution in [3.8, 4) is 0 Å². The highest BCUT2D eigenvalue weighted by atomic mass is 16.2. The van der Waals surface area contributed by atoms with Crippen LogP contribution in [0.1, 0.15) is 19.5 Å². The Balaban J connectivity index is 1.51. The zero-order valence-corrected chi connectivity index (χ0v) is 15.8. The van der Waals surface area contributed by atoms with Crippen molar-refractivity contribution in [1.29, 1.82) is 0 Å². The Morgan fingerprint density at radius 3 is 2.56 bits per heavy atom. The van der Waals surface area contributed by atoms with E-state index in [9.17, 15) is 9.59 Å². The minimum Gasteiger partial charge on any atom is -0.353 e. The van der Waals surface area contributed by atoms with E-state index in [1.165, 1.54) is 0 Å². The maximum atomic E-state index is 12.4. The van der Waals surface area contributed by atoms with Gasteiger partial charge in [-0.15, -0.1) is 0 Å². The van der Waals surface area contributed by atoms with Crippen molar-refractivity contribution in [3.63, 3.8) is 0 Å². The Morgan fingerprint density at radius 2 is 1.85 bits per heavy atom. The van der Waals surface area contributed by atoms with Gasteiger partial charge in [-0.25, -0.2) is 4.98 Å². The standard InChI is InChI=1S/C20H25N5O2/c1-15(2)22-19(26)14-24-9-11-25(12-10-24)20(27)8-7-16-13-21-17-5-3-4-6-18(17)23-16/h3-8,13,15H,9-12,14H2,1-2H3,(H,22,26)/b8-7+. The molecule has 1 aromatic carbocycles. The van der Waals surface area contributed by atoms with Crippen molar-refractivity contribution >= 4 is 28.9 Å². The fourth-order valence-corrected chi connectivity index (χ4v) is 3.01. The molecule has 2 aromatic rings. The number of aromatic nitrogens is 2. The summed E-state index contributed by atoms with van der Waals surface area (Å²) >= 11 is 0. The largest absolute Gasteiger partial charge is 0.353 e. The summed E-state index contributed by atoms with van der Waals surface area (Å²) in [6.07, 6.45) is 4.90. The van der Waals surface area contributed by atoms with Crippen molar-refractivity contribution < 1.29 is 9.59 Å². The number of benzene rings is 1. The molecule has 1 aromatic heterocycles. The molecule has 1 aliphatic heterocycles. The zero-order valence-electron chi connectivity index (χ0n) is 15.8. The monoisotopic (exact) mass is 367 g/mol. The molecular formula is C20H25N5O2. The molecule has 0 bridgehead atoms. The van der Waals surface area contributed by atoms with Crippen LogP contribution in [-0.4, -0.2) is 70.3 Å². The summed E-state index contributed by atoms with van der Waals surface area (Å²) < 4.78 is 0. The highest BCUT2D eigenvalue weighted by molar-refractivity contribution is 5.91. The molecule has 2 heterocycles. The first-order chi connectivity index (χ1) is 13.0. The van der Waals surface area contributed by atoms with Crippen LogP contribution < -0.4 is 5.32 Å². The number of fused-ring (bicyclic) bond motifs is 1. The number of nitrogens with one attached hydrogen (secondary N) is 1. The van der Waals surface area contributed by atoms with E-state index in [0.717, 1.165) is 11.0 Å². The van der Waals surface area contributed by atoms with Crippen LogP contribution in [0, 0.1) is 0 Å². The number of para-hydroxylation sites is 2. The molecule has 2 amide bonds. The molecule has 1 saturated heterocycles. The van der Waals surface area contributed by atoms with E-state index in [2.05, 4.69) is 20.2 Å². The Hall–Kier alpha value is -2.80. The van der Waals surface area contributed by atoms with E-state index in [1.54, 1.807) is 23.2 Å². The number of piperazine rings is 1. The average molecular weight is 367 g/mol. The van der Waals surface area contributed by atoms with Crippen molar-refractivity contribution in [3.05, 3.63) is 42.2 Å². The Kier molecular flexibility index (Phi) is 6.13. The average Bonchev–Trinajstić information content (AvgIpc) is 2.66. The van der Waals surface area contributed by atoms with Crippen LogP contribution in [-0.2, 0) is 9.59 Å². The Labute approximate surface area is 159 Å². The first-order valence-corrected chi connectivity index (χ1v) is 9.22. The van der Waals surface area contributed by atoms with Crippen LogP contribution in [0.2, 0.25) is 0 Å². The van der Waals surface area contributed by atoms with Gasteiger partial charge in [0, 0.05) is 38.3 Å². The van der Waals surface area contributed by atoms with Gasteiger partial charge in [0.2, 0.25) is 11.8 Å². The minimum absolute atomic E-state index is 0.0274. The summed E-state index contributed by atoms with van der Waals surface area (Å²) in [7, 11) is 0. The van der Waals surface area contributed by atoms with Gasteiger partial charge in [0.25, 0.3) is 0 Å². The summed E-state index contributed by atoms with van der Waals surface area (Å²) in [6, 6.07) is 7.78. The quantitative estimate of drug-likeness (QED) is 0.806. The summed E-state index contributed by atoms with van der Waals surface area (Å²) in [4.78, 5) is 36.9. The SMILES string of the molecule is CC(C)NC(=O)CN1CCN(C(=O)/C=C/c2cnc3ccccc3n2)CC1. The lowest BCUT2D eigenvalue weighted by atomic mass is 10.2. The second kappa shape index (κ2) is 8.73. The second-order valence-electron chi connectivity index (χ2n) is 6.94. The minimum atomic E-state index is -0.0451. The van der Waals surface area contributed by atoms with E-state index >= 15 is 0 Å². The Bertz CT molecular complexity index is 841. The van der Waals surface area contributed by atoms with Crippen molar-refractivity contribution in [2.45, 2.75) is 19.9 Å². The lowest BCUT2D eigenvalue weighted by Crippen LogP contribution is -2.51. The second-order valence-corrected chi connectivity index (χ2v) is 6.94. The number of hydrogen-bond acceptors (Lipinski definition) is 5. The van der Waals surface area contributed by atoms with Crippen LogP contribution in [0.5, 0.6) is 0 Å². The molecule has 1 fully saturated rings. The van der Waals surface area contributed by atoms with Gasteiger partial charge in [-0.3, -0.25) is 19.5 Å². The number of amides is 2. The zero-order chi connectivity index (χ0) is 19.2. The maximum Gasteiger partial charge on any atom is 0.246 e. The predicted molar refractivity (Wildman–Crippen MR) is 105 cm³/mol. The van der Waals surface area contributed by atoms with Gasteiger partial charge in [-0.1, -0.05) is 12.1 Å². The third-order valence-corrected chi connectivity index (χ3v) is 4.36. The van der Waals surface area contributed by atoms with Crippen LogP contribution in [0.15, 0.2) is 36.5 Å².